The normalized spacial score (nSPS) is 38.2. The maximum atomic E-state index is 16.0. The Labute approximate surface area is 252 Å². The van der Waals surface area contributed by atoms with Crippen LogP contribution in [-0.2, 0) is 36.7 Å². The molecule has 0 spiro atoms. The van der Waals surface area contributed by atoms with Gasteiger partial charge in [0.1, 0.15) is 41.8 Å². The lowest BCUT2D eigenvalue weighted by atomic mass is 10.1. The van der Waals surface area contributed by atoms with Crippen molar-refractivity contribution in [3.8, 4) is 0 Å². The van der Waals surface area contributed by atoms with Crippen molar-refractivity contribution in [2.45, 2.75) is 49.2 Å². The van der Waals surface area contributed by atoms with Crippen LogP contribution in [0, 0.1) is 0 Å². The minimum absolute atomic E-state index is 0.0654. The fourth-order valence-corrected chi connectivity index (χ4v) is 8.02. The van der Waals surface area contributed by atoms with Crippen LogP contribution in [0.25, 0.3) is 22.3 Å². The lowest BCUT2D eigenvalue weighted by molar-refractivity contribution is -0.0546. The maximum absolute atomic E-state index is 16.0. The second-order valence-corrected chi connectivity index (χ2v) is 15.2. The molecule has 0 bridgehead atoms. The van der Waals surface area contributed by atoms with Gasteiger partial charge in [0.05, 0.1) is 31.6 Å². The first-order valence-electron chi connectivity index (χ1n) is 13.1. The monoisotopic (exact) mass is 673 g/mol. The third-order valence-corrected chi connectivity index (χ3v) is 10.3. The first kappa shape index (κ1) is 29.9. The number of hydrogen-bond donors (Lipinski definition) is 3. The molecule has 3 saturated heterocycles. The molecule has 4 aromatic rings. The van der Waals surface area contributed by atoms with Crippen LogP contribution < -0.4 is 11.5 Å². The molecule has 0 aliphatic carbocycles. The summed E-state index contributed by atoms with van der Waals surface area (Å²) in [7, 11) is -2.95. The number of ether oxygens (including phenoxy) is 2. The number of nitrogens with two attached hydrogens (primary N) is 2. The molecule has 7 heterocycles. The summed E-state index contributed by atoms with van der Waals surface area (Å²) in [5.74, 6) is 0.0654. The molecule has 17 nitrogen and oxygen atoms in total. The van der Waals surface area contributed by atoms with E-state index in [0.29, 0.717) is 11.2 Å². The highest BCUT2D eigenvalue weighted by atomic mass is 32.7. The summed E-state index contributed by atoms with van der Waals surface area (Å²) in [6.45, 7) is -5.53. The van der Waals surface area contributed by atoms with E-state index in [9.17, 15) is 9.13 Å². The largest absolute Gasteiger partial charge is 0.397 e. The zero-order valence-electron chi connectivity index (χ0n) is 22.6. The minimum atomic E-state index is -4.36. The van der Waals surface area contributed by atoms with E-state index in [-0.39, 0.29) is 22.6 Å². The number of rotatable bonds is 2. The number of aromatic nitrogens is 7. The number of halogens is 2. The third-order valence-electron chi connectivity index (χ3n) is 7.40. The standard InChI is InChI=1S/C21H24BF2N9O8P2S/c22-42(34)36-3-9-16(12(24)21(38-9)32-6-30-13-8(25)1-2-27-18(13)32)41-43(35,44)37-4-10-15(40-42)11(23)20(39-10)33-7-31-14-17(26)28-5-29-19(14)33/h1-2,5-7,9-12,15-16,20-21H,3-4,22H2,(H2,25,27)(H,35,44)(H2,26,28,29)/t9-,10-,11-,12-,15-,16-,20-,21?,42+,43+/m1/s1. The van der Waals surface area contributed by atoms with E-state index in [1.54, 1.807) is 0 Å². The van der Waals surface area contributed by atoms with Crippen molar-refractivity contribution in [2.75, 3.05) is 24.7 Å². The number of nitrogen functional groups attached to an aromatic ring is 2. The van der Waals surface area contributed by atoms with Crippen molar-refractivity contribution in [3.63, 3.8) is 0 Å². The van der Waals surface area contributed by atoms with Crippen LogP contribution in [0.2, 0.25) is 0 Å². The second-order valence-electron chi connectivity index (χ2n) is 10.3. The molecule has 4 aromatic heterocycles. The molecule has 44 heavy (non-hydrogen) atoms. The first-order valence-corrected chi connectivity index (χ1v) is 17.8. The summed E-state index contributed by atoms with van der Waals surface area (Å²) in [5, 5.41) is 0. The molecule has 234 valence electrons. The van der Waals surface area contributed by atoms with E-state index >= 15 is 8.78 Å². The highest BCUT2D eigenvalue weighted by Gasteiger charge is 2.54. The molecule has 4 N–H and O–H groups in total. The molecule has 3 aliphatic heterocycles. The van der Waals surface area contributed by atoms with Crippen molar-refractivity contribution in [1.29, 1.82) is 0 Å². The summed E-state index contributed by atoms with van der Waals surface area (Å²) < 4.78 is 95.2. The number of hydrogen-bond acceptors (Lipinski definition) is 15. The molecular formula is C21H24BF2N9O8P2S. The van der Waals surface area contributed by atoms with Gasteiger partial charge >= 0.3 is 6.80 Å². The lowest BCUT2D eigenvalue weighted by Gasteiger charge is -2.29. The summed E-state index contributed by atoms with van der Waals surface area (Å²) >= 11 is 4.02. The number of pyridine rings is 1. The number of fused-ring (bicyclic) bond motifs is 4. The zero-order chi connectivity index (χ0) is 31.0. The van der Waals surface area contributed by atoms with Crippen LogP contribution in [0.1, 0.15) is 12.5 Å². The van der Waals surface area contributed by atoms with E-state index in [0.717, 1.165) is 7.57 Å². The smallest absolute Gasteiger partial charge is 0.386 e. The molecule has 10 atom stereocenters. The van der Waals surface area contributed by atoms with E-state index in [1.807, 2.05) is 0 Å². The summed E-state index contributed by atoms with van der Waals surface area (Å²) in [4.78, 5) is 20.4. The summed E-state index contributed by atoms with van der Waals surface area (Å²) in [6, 6.07) is 1.53. The Bertz CT molecular complexity index is 1710. The maximum Gasteiger partial charge on any atom is 0.386 e. The highest BCUT2D eigenvalue weighted by Crippen LogP contribution is 2.58. The van der Waals surface area contributed by atoms with Gasteiger partial charge in [-0.15, -0.1) is 0 Å². The number of imidazole rings is 2. The van der Waals surface area contributed by atoms with Gasteiger partial charge in [-0.1, -0.05) is 12.2 Å². The average Bonchev–Trinajstić information content (AvgIpc) is 3.73. The summed E-state index contributed by atoms with van der Waals surface area (Å²) in [6.07, 6.45) is -7.32. The van der Waals surface area contributed by atoms with Crippen LogP contribution >= 0.6 is 26.5 Å². The SMILES string of the molecule is B[P@]1(=O)OC[C@H]2OC(n3cnc4c(N)ccnc43)[C@H](F)[C@@H]2O[P@@](=O)(S)OC[C@H]2O[C@@H](n3cnc4c(N)ncnc43)[C@H](F)[C@@H]2O1. The third kappa shape index (κ3) is 5.19. The molecule has 1 unspecified atom stereocenters. The van der Waals surface area contributed by atoms with Crippen LogP contribution in [0.5, 0.6) is 0 Å². The Morgan fingerprint density at radius 1 is 0.864 bits per heavy atom. The fourth-order valence-electron chi connectivity index (χ4n) is 5.36. The molecular weight excluding hydrogens is 649 g/mol. The van der Waals surface area contributed by atoms with Gasteiger partial charge < -0.3 is 30.0 Å². The van der Waals surface area contributed by atoms with Gasteiger partial charge in [-0.25, -0.2) is 38.3 Å². The Hall–Kier alpha value is -2.74. The Morgan fingerprint density at radius 3 is 2.14 bits per heavy atom. The number of thiol groups is 1. The molecule has 0 aromatic carbocycles. The van der Waals surface area contributed by atoms with Crippen molar-refractivity contribution in [2.24, 2.45) is 0 Å². The van der Waals surface area contributed by atoms with Crippen LogP contribution in [-0.4, -0.2) is 91.6 Å². The lowest BCUT2D eigenvalue weighted by Crippen LogP contribution is -2.37. The van der Waals surface area contributed by atoms with Crippen molar-refractivity contribution in [1.82, 2.24) is 34.1 Å². The van der Waals surface area contributed by atoms with Crippen molar-refractivity contribution < 1.29 is 45.5 Å². The topological polar surface area (TPSA) is 216 Å². The number of alkyl halides is 2. The Balaban J connectivity index is 1.17. The summed E-state index contributed by atoms with van der Waals surface area (Å²) in [5.41, 5.74) is 13.0. The number of nitrogens with zero attached hydrogens (tertiary/aromatic N) is 7. The molecule has 7 rings (SSSR count). The molecule has 0 amide bonds. The first-order chi connectivity index (χ1) is 20.9. The van der Waals surface area contributed by atoms with Crippen molar-refractivity contribution >= 4 is 67.9 Å². The van der Waals surface area contributed by atoms with Gasteiger partial charge in [-0.05, 0) is 6.07 Å². The van der Waals surface area contributed by atoms with Crippen LogP contribution in [0.15, 0.2) is 31.2 Å². The minimum Gasteiger partial charge on any atom is -0.397 e. The fraction of sp³-hybridized carbons (Fsp3) is 0.476. The molecule has 0 saturated carbocycles. The molecule has 23 heteroatoms. The Kier molecular flexibility index (Phi) is 7.46. The predicted octanol–water partition coefficient (Wildman–Crippen LogP) is 1.50. The molecule has 3 fully saturated rings. The predicted molar refractivity (Wildman–Crippen MR) is 154 cm³/mol. The number of anilines is 2. The van der Waals surface area contributed by atoms with E-state index in [1.165, 1.54) is 40.4 Å². The van der Waals surface area contributed by atoms with Gasteiger partial charge in [-0.3, -0.25) is 22.7 Å². The van der Waals surface area contributed by atoms with E-state index < -0.39 is 76.7 Å². The highest BCUT2D eigenvalue weighted by molar-refractivity contribution is 8.44. The quantitative estimate of drug-likeness (QED) is 0.156. The van der Waals surface area contributed by atoms with E-state index in [2.05, 4.69) is 37.2 Å². The van der Waals surface area contributed by atoms with Gasteiger partial charge in [0, 0.05) is 6.20 Å². The van der Waals surface area contributed by atoms with Crippen LogP contribution in [0.4, 0.5) is 20.3 Å². The van der Waals surface area contributed by atoms with Gasteiger partial charge in [0.25, 0.3) is 15.0 Å². The van der Waals surface area contributed by atoms with Gasteiger partial charge in [-0.2, -0.15) is 0 Å². The second kappa shape index (κ2) is 11.0. The molecule has 3 aliphatic rings. The van der Waals surface area contributed by atoms with E-state index in [4.69, 9.17) is 39.0 Å². The van der Waals surface area contributed by atoms with Crippen molar-refractivity contribution in [3.05, 3.63) is 31.2 Å². The molecule has 0 radical (unpaired) electrons. The average molecular weight is 673 g/mol. The Morgan fingerprint density at radius 2 is 1.45 bits per heavy atom. The zero-order valence-corrected chi connectivity index (χ0v) is 25.3. The van der Waals surface area contributed by atoms with Gasteiger partial charge in [0.2, 0.25) is 0 Å². The van der Waals surface area contributed by atoms with Crippen LogP contribution in [0.3, 0.4) is 0 Å². The van der Waals surface area contributed by atoms with Gasteiger partial charge in [0.15, 0.2) is 41.9 Å².